The summed E-state index contributed by atoms with van der Waals surface area (Å²) >= 11 is 6.25. The van der Waals surface area contributed by atoms with Crippen molar-refractivity contribution in [2.45, 2.75) is 84.8 Å². The molecule has 2 saturated carbocycles. The molecule has 1 unspecified atom stereocenters. The van der Waals surface area contributed by atoms with Gasteiger partial charge in [0.25, 0.3) is 0 Å². The van der Waals surface area contributed by atoms with Gasteiger partial charge in [-0.3, -0.25) is 23.7 Å². The van der Waals surface area contributed by atoms with Crippen LogP contribution in [0.4, 0.5) is 5.82 Å². The molecular weight excluding hydrogens is 746 g/mol. The SMILES string of the molecule is CC1(C)C(CC(=O)c2ccc(N3CCN(CCCCCOc4ccn5c(=O)n(C6CCC(=O)CC6=O)nc5c4)CC3)nc2)C(C)(C)C1Oc1ccc(C#N)c(Cl)c1. The second-order valence-electron chi connectivity index (χ2n) is 16.8. The quantitative estimate of drug-likeness (QED) is 0.0797. The summed E-state index contributed by atoms with van der Waals surface area (Å²) in [7, 11) is 0. The Hall–Kier alpha value is -5.06. The summed E-state index contributed by atoms with van der Waals surface area (Å²) in [5.74, 6) is 1.94. The monoisotopic (exact) mass is 795 g/mol. The maximum Gasteiger partial charge on any atom is 0.351 e. The minimum Gasteiger partial charge on any atom is -0.493 e. The molecule has 57 heavy (non-hydrogen) atoms. The summed E-state index contributed by atoms with van der Waals surface area (Å²) in [5, 5.41) is 13.9. The number of ketones is 3. The molecule has 1 saturated heterocycles. The number of rotatable bonds is 14. The number of carbonyl (C=O) groups excluding carboxylic acids is 3. The lowest BCUT2D eigenvalue weighted by molar-refractivity contribution is -0.196. The number of anilines is 1. The lowest BCUT2D eigenvalue weighted by Gasteiger charge is -2.63. The van der Waals surface area contributed by atoms with Gasteiger partial charge in [0.1, 0.15) is 41.3 Å². The summed E-state index contributed by atoms with van der Waals surface area (Å²) in [4.78, 5) is 59.8. The Balaban J connectivity index is 0.812. The number of piperazine rings is 1. The van der Waals surface area contributed by atoms with Crippen molar-refractivity contribution in [2.75, 3.05) is 44.2 Å². The highest BCUT2D eigenvalue weighted by atomic mass is 35.5. The Morgan fingerprint density at radius 1 is 0.965 bits per heavy atom. The van der Waals surface area contributed by atoms with Crippen LogP contribution in [0.25, 0.3) is 5.65 Å². The fourth-order valence-corrected chi connectivity index (χ4v) is 9.45. The highest BCUT2D eigenvalue weighted by Gasteiger charge is 2.63. The number of aromatic nitrogens is 4. The molecule has 300 valence electrons. The lowest BCUT2D eigenvalue weighted by Crippen LogP contribution is -2.66. The normalized spacial score (nSPS) is 21.9. The zero-order valence-electron chi connectivity index (χ0n) is 33.1. The van der Waals surface area contributed by atoms with E-state index in [0.717, 1.165) is 57.8 Å². The third kappa shape index (κ3) is 8.34. The van der Waals surface area contributed by atoms with E-state index in [-0.39, 0.29) is 53.0 Å². The first kappa shape index (κ1) is 40.1. The number of fused-ring (bicyclic) bond motifs is 1. The molecule has 0 amide bonds. The fourth-order valence-electron chi connectivity index (χ4n) is 9.24. The summed E-state index contributed by atoms with van der Waals surface area (Å²) in [6.07, 6.45) is 7.00. The average molecular weight is 796 g/mol. The van der Waals surface area contributed by atoms with Gasteiger partial charge in [0, 0.05) is 79.9 Å². The van der Waals surface area contributed by atoms with Crippen molar-refractivity contribution < 1.29 is 23.9 Å². The van der Waals surface area contributed by atoms with Crippen LogP contribution in [0.1, 0.15) is 94.6 Å². The van der Waals surface area contributed by atoms with E-state index in [4.69, 9.17) is 26.1 Å². The molecule has 13 nitrogen and oxygen atoms in total. The van der Waals surface area contributed by atoms with Crippen molar-refractivity contribution in [3.63, 3.8) is 0 Å². The molecule has 0 bridgehead atoms. The van der Waals surface area contributed by atoms with Crippen molar-refractivity contribution in [1.29, 1.82) is 5.26 Å². The number of carbonyl (C=O) groups is 3. The smallest absolute Gasteiger partial charge is 0.351 e. The zero-order valence-corrected chi connectivity index (χ0v) is 33.8. The van der Waals surface area contributed by atoms with E-state index in [0.29, 0.717) is 52.7 Å². The molecule has 3 aliphatic rings. The first-order valence-electron chi connectivity index (χ1n) is 19.9. The molecule has 1 atom stereocenters. The van der Waals surface area contributed by atoms with E-state index < -0.39 is 11.7 Å². The van der Waals surface area contributed by atoms with Crippen molar-refractivity contribution in [3.05, 3.63) is 81.5 Å². The molecule has 4 heterocycles. The summed E-state index contributed by atoms with van der Waals surface area (Å²) in [5.41, 5.74) is 0.539. The average Bonchev–Trinajstić information content (AvgIpc) is 3.52. The van der Waals surface area contributed by atoms with E-state index in [2.05, 4.69) is 48.7 Å². The molecule has 0 N–H and O–H groups in total. The predicted molar refractivity (Wildman–Crippen MR) is 215 cm³/mol. The van der Waals surface area contributed by atoms with Crippen molar-refractivity contribution in [2.24, 2.45) is 16.7 Å². The molecule has 0 spiro atoms. The Bertz CT molecular complexity index is 2230. The van der Waals surface area contributed by atoms with Gasteiger partial charge >= 0.3 is 5.69 Å². The van der Waals surface area contributed by atoms with Crippen LogP contribution in [0.3, 0.4) is 0 Å². The minimum absolute atomic E-state index is 0.0778. The van der Waals surface area contributed by atoms with Gasteiger partial charge in [-0.25, -0.2) is 14.5 Å². The molecule has 0 radical (unpaired) electrons. The van der Waals surface area contributed by atoms with Gasteiger partial charge < -0.3 is 14.4 Å². The highest BCUT2D eigenvalue weighted by molar-refractivity contribution is 6.31. The Labute approximate surface area is 337 Å². The van der Waals surface area contributed by atoms with E-state index >= 15 is 0 Å². The molecule has 3 aromatic heterocycles. The van der Waals surface area contributed by atoms with Gasteiger partial charge in [-0.15, -0.1) is 5.10 Å². The number of halogens is 1. The van der Waals surface area contributed by atoms with Gasteiger partial charge in [0.2, 0.25) is 0 Å². The topological polar surface area (TPSA) is 152 Å². The number of pyridine rings is 2. The maximum absolute atomic E-state index is 13.5. The van der Waals surface area contributed by atoms with Crippen molar-refractivity contribution in [3.8, 4) is 17.6 Å². The second kappa shape index (κ2) is 16.4. The van der Waals surface area contributed by atoms with Gasteiger partial charge in [-0.2, -0.15) is 5.26 Å². The number of benzene rings is 1. The Morgan fingerprint density at radius 2 is 1.74 bits per heavy atom. The highest BCUT2D eigenvalue weighted by Crippen LogP contribution is 2.61. The summed E-state index contributed by atoms with van der Waals surface area (Å²) < 4.78 is 15.0. The largest absolute Gasteiger partial charge is 0.493 e. The second-order valence-corrected chi connectivity index (χ2v) is 17.2. The van der Waals surface area contributed by atoms with E-state index in [1.165, 1.54) is 9.08 Å². The van der Waals surface area contributed by atoms with Crippen LogP contribution in [0.15, 0.2) is 59.7 Å². The fraction of sp³-hybridized carbons (Fsp3) is 0.512. The first-order chi connectivity index (χ1) is 27.3. The molecule has 2 aliphatic carbocycles. The van der Waals surface area contributed by atoms with Gasteiger partial charge in [-0.1, -0.05) is 39.3 Å². The van der Waals surface area contributed by atoms with Crippen LogP contribution in [-0.4, -0.2) is 86.8 Å². The number of ether oxygens (including phenoxy) is 2. The van der Waals surface area contributed by atoms with Crippen LogP contribution >= 0.6 is 11.6 Å². The molecule has 4 aromatic rings. The summed E-state index contributed by atoms with van der Waals surface area (Å²) in [6, 6.07) is 13.8. The minimum atomic E-state index is -0.701. The Morgan fingerprint density at radius 3 is 2.42 bits per heavy atom. The van der Waals surface area contributed by atoms with Crippen molar-refractivity contribution in [1.82, 2.24) is 24.1 Å². The molecule has 1 aromatic carbocycles. The van der Waals surface area contributed by atoms with Crippen LogP contribution in [0.5, 0.6) is 11.5 Å². The van der Waals surface area contributed by atoms with Gasteiger partial charge in [-0.05, 0) is 68.5 Å². The first-order valence-corrected chi connectivity index (χ1v) is 20.2. The number of nitriles is 1. The molecular formula is C43H50ClN7O6. The van der Waals surface area contributed by atoms with Crippen LogP contribution in [-0.2, 0) is 9.59 Å². The van der Waals surface area contributed by atoms with E-state index in [1.807, 2.05) is 12.1 Å². The molecule has 3 fully saturated rings. The number of Topliss-reactive ketones (excluding diaryl/α,β-unsaturated/α-hetero) is 3. The predicted octanol–water partition coefficient (Wildman–Crippen LogP) is 6.35. The summed E-state index contributed by atoms with van der Waals surface area (Å²) in [6.45, 7) is 13.7. The maximum atomic E-state index is 13.5. The van der Waals surface area contributed by atoms with E-state index in [9.17, 15) is 24.4 Å². The number of hydrogen-bond donors (Lipinski definition) is 0. The number of hydrogen-bond acceptors (Lipinski definition) is 11. The standard InChI is InChI=1S/C43H50ClN7O6/c1-42(2)37(43(3,4)40(42)57-32-11-8-28(26-45)33(44)23-32)25-35(53)29-9-13-38(46-27-29)49-19-17-48(18-20-49)15-6-5-7-21-56-31-14-16-50-39(24-31)47-51(41(50)55)34-12-10-30(52)22-36(34)54/h8-9,11,13-14,16,23-24,27,34,37,40H,5-7,10,12,15,17-22,25H2,1-4H3. The molecule has 14 heteroatoms. The third-order valence-electron chi connectivity index (χ3n) is 12.3. The molecule has 1 aliphatic heterocycles. The van der Waals surface area contributed by atoms with Crippen LogP contribution in [0, 0.1) is 28.1 Å². The van der Waals surface area contributed by atoms with Gasteiger partial charge in [0.15, 0.2) is 17.2 Å². The molecule has 7 rings (SSSR count). The number of nitrogens with zero attached hydrogens (tertiary/aromatic N) is 7. The van der Waals surface area contributed by atoms with Crippen molar-refractivity contribution >= 4 is 40.4 Å². The van der Waals surface area contributed by atoms with Crippen LogP contribution in [0.2, 0.25) is 5.02 Å². The Kier molecular flexibility index (Phi) is 11.6. The number of unbranched alkanes of at least 4 members (excludes halogenated alkanes) is 2. The zero-order chi connectivity index (χ0) is 40.5. The lowest BCUT2D eigenvalue weighted by atomic mass is 9.44. The van der Waals surface area contributed by atoms with Crippen LogP contribution < -0.4 is 20.1 Å². The third-order valence-corrected chi connectivity index (χ3v) is 12.6. The van der Waals surface area contributed by atoms with E-state index in [1.54, 1.807) is 42.7 Å². The van der Waals surface area contributed by atoms with Gasteiger partial charge in [0.05, 0.1) is 23.6 Å².